The molecule has 2 aliphatic heterocycles. The fraction of sp³-hybridized carbons (Fsp3) is 0.909. The first-order chi connectivity index (χ1) is 6.72. The Hall–Kier alpha value is -0.590. The zero-order chi connectivity index (χ0) is 10.0. The first-order valence-electron chi connectivity index (χ1n) is 5.57. The normalized spacial score (nSPS) is 40.9. The number of nitrogens with zero attached hydrogens (tertiary/aromatic N) is 1. The summed E-state index contributed by atoms with van der Waals surface area (Å²) < 4.78 is 0. The van der Waals surface area contributed by atoms with Gasteiger partial charge in [0.15, 0.2) is 0 Å². The maximum atomic E-state index is 10.3. The summed E-state index contributed by atoms with van der Waals surface area (Å²) in [5, 5.41) is 22.3. The highest BCUT2D eigenvalue weighted by Gasteiger charge is 2.41. The van der Waals surface area contributed by atoms with Gasteiger partial charge in [0.2, 0.25) is 0 Å². The van der Waals surface area contributed by atoms with Gasteiger partial charge in [0.1, 0.15) is 0 Å². The second-order valence-corrected chi connectivity index (χ2v) is 4.78. The highest BCUT2D eigenvalue weighted by Crippen LogP contribution is 2.36. The standard InChI is InChI=1S/C11H18N2O/c12-6-2-1-5-11(14)7-9-3-4-10(8-11)13-9/h9-10,13-14H,1-5,7-8H2. The zero-order valence-corrected chi connectivity index (χ0v) is 8.50. The number of piperidine rings is 1. The quantitative estimate of drug-likeness (QED) is 0.666. The number of nitriles is 1. The Balaban J connectivity index is 1.86. The molecular formula is C11H18N2O. The molecule has 78 valence electrons. The lowest BCUT2D eigenvalue weighted by Gasteiger charge is -2.37. The summed E-state index contributed by atoms with van der Waals surface area (Å²) in [6.45, 7) is 0. The van der Waals surface area contributed by atoms with E-state index >= 15 is 0 Å². The predicted molar refractivity (Wildman–Crippen MR) is 53.6 cm³/mol. The van der Waals surface area contributed by atoms with Crippen LogP contribution in [-0.2, 0) is 0 Å². The SMILES string of the molecule is N#CCCCC1(O)CC2CCC(C1)N2. The van der Waals surface area contributed by atoms with Gasteiger partial charge in [-0.15, -0.1) is 0 Å². The fourth-order valence-corrected chi connectivity index (χ4v) is 2.93. The van der Waals surface area contributed by atoms with Crippen LogP contribution in [0.3, 0.4) is 0 Å². The summed E-state index contributed by atoms with van der Waals surface area (Å²) in [6.07, 6.45) is 6.41. The van der Waals surface area contributed by atoms with Crippen LogP contribution in [0.5, 0.6) is 0 Å². The van der Waals surface area contributed by atoms with Crippen molar-refractivity contribution in [1.82, 2.24) is 5.32 Å². The van der Waals surface area contributed by atoms with Crippen LogP contribution >= 0.6 is 0 Å². The lowest BCUT2D eigenvalue weighted by Crippen LogP contribution is -2.48. The molecular weight excluding hydrogens is 176 g/mol. The van der Waals surface area contributed by atoms with Gasteiger partial charge in [-0.3, -0.25) is 0 Å². The molecule has 2 aliphatic rings. The van der Waals surface area contributed by atoms with Crippen LogP contribution < -0.4 is 5.32 Å². The Morgan fingerprint density at radius 1 is 1.36 bits per heavy atom. The van der Waals surface area contributed by atoms with E-state index in [1.165, 1.54) is 12.8 Å². The average molecular weight is 194 g/mol. The third-order valence-electron chi connectivity index (χ3n) is 3.52. The minimum atomic E-state index is -0.478. The average Bonchev–Trinajstić information content (AvgIpc) is 2.46. The van der Waals surface area contributed by atoms with Crippen molar-refractivity contribution in [1.29, 1.82) is 5.26 Å². The van der Waals surface area contributed by atoms with Crippen LogP contribution in [0.1, 0.15) is 44.9 Å². The van der Waals surface area contributed by atoms with Crippen LogP contribution in [0.4, 0.5) is 0 Å². The van der Waals surface area contributed by atoms with Crippen LogP contribution in [0.15, 0.2) is 0 Å². The van der Waals surface area contributed by atoms with Crippen molar-refractivity contribution in [2.45, 2.75) is 62.6 Å². The Labute approximate surface area is 85.1 Å². The molecule has 0 spiro atoms. The summed E-state index contributed by atoms with van der Waals surface area (Å²) in [4.78, 5) is 0. The van der Waals surface area contributed by atoms with Crippen LogP contribution in [0, 0.1) is 11.3 Å². The van der Waals surface area contributed by atoms with E-state index < -0.39 is 5.60 Å². The highest BCUT2D eigenvalue weighted by atomic mass is 16.3. The molecule has 0 aliphatic carbocycles. The highest BCUT2D eigenvalue weighted by molar-refractivity contribution is 4.99. The third kappa shape index (κ3) is 2.08. The van der Waals surface area contributed by atoms with Crippen molar-refractivity contribution >= 4 is 0 Å². The van der Waals surface area contributed by atoms with E-state index in [1.807, 2.05) is 0 Å². The molecule has 2 atom stereocenters. The van der Waals surface area contributed by atoms with Crippen LogP contribution in [0.2, 0.25) is 0 Å². The molecule has 2 heterocycles. The fourth-order valence-electron chi connectivity index (χ4n) is 2.93. The minimum Gasteiger partial charge on any atom is -0.390 e. The molecule has 14 heavy (non-hydrogen) atoms. The molecule has 0 aromatic heterocycles. The van der Waals surface area contributed by atoms with Gasteiger partial charge in [-0.2, -0.15) is 5.26 Å². The number of nitrogens with one attached hydrogen (secondary N) is 1. The lowest BCUT2D eigenvalue weighted by molar-refractivity contribution is -0.0151. The Morgan fingerprint density at radius 3 is 2.57 bits per heavy atom. The molecule has 0 aromatic rings. The van der Waals surface area contributed by atoms with Gasteiger partial charge in [0.25, 0.3) is 0 Å². The Kier molecular flexibility index (Phi) is 2.76. The number of hydrogen-bond acceptors (Lipinski definition) is 3. The molecule has 3 nitrogen and oxygen atoms in total. The van der Waals surface area contributed by atoms with E-state index in [9.17, 15) is 5.11 Å². The summed E-state index contributed by atoms with van der Waals surface area (Å²) in [7, 11) is 0. The van der Waals surface area contributed by atoms with Crippen LogP contribution in [0.25, 0.3) is 0 Å². The smallest absolute Gasteiger partial charge is 0.0677 e. The number of fused-ring (bicyclic) bond motifs is 2. The Morgan fingerprint density at radius 2 is 2.00 bits per heavy atom. The molecule has 0 amide bonds. The molecule has 2 N–H and O–H groups in total. The predicted octanol–water partition coefficient (Wildman–Crippen LogP) is 1.33. The topological polar surface area (TPSA) is 56.0 Å². The molecule has 2 unspecified atom stereocenters. The van der Waals surface area contributed by atoms with Gasteiger partial charge in [-0.1, -0.05) is 0 Å². The molecule has 2 saturated heterocycles. The minimum absolute atomic E-state index is 0.478. The van der Waals surface area contributed by atoms with Crippen molar-refractivity contribution < 1.29 is 5.11 Å². The number of aliphatic hydroxyl groups is 1. The number of unbranched alkanes of at least 4 members (excludes halogenated alkanes) is 1. The van der Waals surface area contributed by atoms with Gasteiger partial charge in [0.05, 0.1) is 11.7 Å². The molecule has 2 bridgehead atoms. The Bertz CT molecular complexity index is 234. The van der Waals surface area contributed by atoms with Gasteiger partial charge in [-0.25, -0.2) is 0 Å². The maximum Gasteiger partial charge on any atom is 0.0677 e. The van der Waals surface area contributed by atoms with Gasteiger partial charge >= 0.3 is 0 Å². The van der Waals surface area contributed by atoms with Gasteiger partial charge in [0, 0.05) is 18.5 Å². The van der Waals surface area contributed by atoms with E-state index in [0.717, 1.165) is 25.7 Å². The molecule has 0 saturated carbocycles. The van der Waals surface area contributed by atoms with Crippen molar-refractivity contribution in [3.63, 3.8) is 0 Å². The van der Waals surface area contributed by atoms with Crippen molar-refractivity contribution in [3.8, 4) is 6.07 Å². The molecule has 2 fully saturated rings. The van der Waals surface area contributed by atoms with Gasteiger partial charge < -0.3 is 10.4 Å². The monoisotopic (exact) mass is 194 g/mol. The second kappa shape index (κ2) is 3.88. The number of rotatable bonds is 3. The van der Waals surface area contributed by atoms with E-state index in [-0.39, 0.29) is 0 Å². The second-order valence-electron chi connectivity index (χ2n) is 4.78. The third-order valence-corrected chi connectivity index (χ3v) is 3.52. The summed E-state index contributed by atoms with van der Waals surface area (Å²) >= 11 is 0. The van der Waals surface area contributed by atoms with Crippen molar-refractivity contribution in [3.05, 3.63) is 0 Å². The van der Waals surface area contributed by atoms with E-state index in [0.29, 0.717) is 18.5 Å². The molecule has 0 radical (unpaired) electrons. The summed E-state index contributed by atoms with van der Waals surface area (Å²) in [6, 6.07) is 3.19. The van der Waals surface area contributed by atoms with E-state index in [1.54, 1.807) is 0 Å². The summed E-state index contributed by atoms with van der Waals surface area (Å²) in [5.41, 5.74) is -0.478. The van der Waals surface area contributed by atoms with Crippen LogP contribution in [-0.4, -0.2) is 22.8 Å². The van der Waals surface area contributed by atoms with E-state index in [4.69, 9.17) is 5.26 Å². The van der Waals surface area contributed by atoms with Crippen molar-refractivity contribution in [2.75, 3.05) is 0 Å². The van der Waals surface area contributed by atoms with Crippen molar-refractivity contribution in [2.24, 2.45) is 0 Å². The van der Waals surface area contributed by atoms with Gasteiger partial charge in [-0.05, 0) is 38.5 Å². The molecule has 2 rings (SSSR count). The first-order valence-corrected chi connectivity index (χ1v) is 5.57. The largest absolute Gasteiger partial charge is 0.390 e. The maximum absolute atomic E-state index is 10.3. The zero-order valence-electron chi connectivity index (χ0n) is 8.50. The number of hydrogen-bond donors (Lipinski definition) is 2. The molecule has 0 aromatic carbocycles. The van der Waals surface area contributed by atoms with E-state index in [2.05, 4.69) is 11.4 Å². The lowest BCUT2D eigenvalue weighted by atomic mass is 9.83. The molecule has 3 heteroatoms. The first kappa shape index (κ1) is 9.95. The summed E-state index contributed by atoms with van der Waals surface area (Å²) in [5.74, 6) is 0.